The molecular formula is C17H22FNO3S. The molecule has 1 N–H and O–H groups in total. The van der Waals surface area contributed by atoms with Gasteiger partial charge in [-0.25, -0.2) is 12.8 Å². The molecule has 0 unspecified atom stereocenters. The number of halogens is 1. The van der Waals surface area contributed by atoms with Crippen molar-refractivity contribution in [2.45, 2.75) is 43.7 Å². The van der Waals surface area contributed by atoms with Crippen molar-refractivity contribution in [1.82, 2.24) is 5.32 Å². The van der Waals surface area contributed by atoms with Crippen molar-refractivity contribution in [3.63, 3.8) is 0 Å². The van der Waals surface area contributed by atoms with Gasteiger partial charge in [0, 0.05) is 24.8 Å². The Balaban J connectivity index is 1.97. The van der Waals surface area contributed by atoms with Crippen LogP contribution in [0.1, 0.15) is 37.6 Å². The van der Waals surface area contributed by atoms with Crippen molar-refractivity contribution in [3.05, 3.63) is 53.7 Å². The summed E-state index contributed by atoms with van der Waals surface area (Å²) in [6, 6.07) is 8.20. The molecule has 0 saturated carbocycles. The maximum absolute atomic E-state index is 14.0. The van der Waals surface area contributed by atoms with Gasteiger partial charge < -0.3 is 9.73 Å². The van der Waals surface area contributed by atoms with Crippen LogP contribution >= 0.6 is 0 Å². The smallest absolute Gasteiger partial charge is 0.178 e. The second kappa shape index (κ2) is 7.27. The molecule has 0 aliphatic carbocycles. The van der Waals surface area contributed by atoms with Crippen molar-refractivity contribution >= 4 is 9.84 Å². The number of benzene rings is 1. The second-order valence-corrected chi connectivity index (χ2v) is 7.85. The molecule has 6 heteroatoms. The first-order chi connectivity index (χ1) is 10.8. The molecule has 0 bridgehead atoms. The SMILES string of the molecule is C[C@H](N[C@@H](C)CCc1ccco1)c1ccc(S(C)(=O)=O)c(F)c1. The largest absolute Gasteiger partial charge is 0.469 e. The zero-order valence-electron chi connectivity index (χ0n) is 13.5. The van der Waals surface area contributed by atoms with Gasteiger partial charge in [0.15, 0.2) is 9.84 Å². The van der Waals surface area contributed by atoms with Crippen molar-refractivity contribution in [1.29, 1.82) is 0 Å². The lowest BCUT2D eigenvalue weighted by atomic mass is 10.1. The molecule has 0 amide bonds. The minimum atomic E-state index is -3.54. The number of nitrogens with one attached hydrogen (secondary N) is 1. The van der Waals surface area contributed by atoms with Crippen LogP contribution < -0.4 is 5.32 Å². The average molecular weight is 339 g/mol. The molecule has 0 aliphatic heterocycles. The molecule has 23 heavy (non-hydrogen) atoms. The van der Waals surface area contributed by atoms with E-state index in [2.05, 4.69) is 12.2 Å². The standard InChI is InChI=1S/C17H22FNO3S/c1-12(6-8-15-5-4-10-22-15)19-13(2)14-7-9-17(16(18)11-14)23(3,20)21/h4-5,7,9-13,19H,6,8H2,1-3H3/t12-,13-/m0/s1. The van der Waals surface area contributed by atoms with Crippen LogP contribution in [0.2, 0.25) is 0 Å². The van der Waals surface area contributed by atoms with E-state index >= 15 is 0 Å². The highest BCUT2D eigenvalue weighted by Gasteiger charge is 2.16. The first-order valence-electron chi connectivity index (χ1n) is 7.55. The molecule has 0 spiro atoms. The Labute approximate surface area is 136 Å². The highest BCUT2D eigenvalue weighted by molar-refractivity contribution is 7.90. The molecule has 126 valence electrons. The Kier molecular flexibility index (Phi) is 5.59. The lowest BCUT2D eigenvalue weighted by Crippen LogP contribution is -2.29. The fourth-order valence-electron chi connectivity index (χ4n) is 2.51. The third-order valence-electron chi connectivity index (χ3n) is 3.79. The molecular weight excluding hydrogens is 317 g/mol. The van der Waals surface area contributed by atoms with Gasteiger partial charge in [-0.15, -0.1) is 0 Å². The van der Waals surface area contributed by atoms with E-state index in [0.29, 0.717) is 0 Å². The summed E-state index contributed by atoms with van der Waals surface area (Å²) < 4.78 is 42.2. The number of furan rings is 1. The topological polar surface area (TPSA) is 59.3 Å². The van der Waals surface area contributed by atoms with E-state index in [0.717, 1.165) is 30.4 Å². The summed E-state index contributed by atoms with van der Waals surface area (Å²) in [5, 5.41) is 3.39. The zero-order chi connectivity index (χ0) is 17.0. The van der Waals surface area contributed by atoms with E-state index in [-0.39, 0.29) is 17.0 Å². The van der Waals surface area contributed by atoms with Crippen molar-refractivity contribution in [2.75, 3.05) is 6.26 Å². The van der Waals surface area contributed by atoms with Crippen LogP contribution in [0.15, 0.2) is 45.9 Å². The maximum Gasteiger partial charge on any atom is 0.178 e. The summed E-state index contributed by atoms with van der Waals surface area (Å²) in [4.78, 5) is -0.265. The van der Waals surface area contributed by atoms with E-state index in [1.165, 1.54) is 12.1 Å². The van der Waals surface area contributed by atoms with Gasteiger partial charge in [0.2, 0.25) is 0 Å². The molecule has 1 aromatic heterocycles. The van der Waals surface area contributed by atoms with Gasteiger partial charge in [-0.1, -0.05) is 6.07 Å². The van der Waals surface area contributed by atoms with Gasteiger partial charge in [-0.05, 0) is 50.1 Å². The number of rotatable bonds is 7. The lowest BCUT2D eigenvalue weighted by molar-refractivity contribution is 0.429. The first-order valence-corrected chi connectivity index (χ1v) is 9.44. The Morgan fingerprint density at radius 3 is 2.57 bits per heavy atom. The molecule has 0 saturated heterocycles. The first kappa shape index (κ1) is 17.7. The van der Waals surface area contributed by atoms with Crippen molar-refractivity contribution in [2.24, 2.45) is 0 Å². The molecule has 4 nitrogen and oxygen atoms in total. The normalized spacial score (nSPS) is 14.6. The van der Waals surface area contributed by atoms with E-state index < -0.39 is 15.7 Å². The van der Waals surface area contributed by atoms with Crippen molar-refractivity contribution < 1.29 is 17.2 Å². The summed E-state index contributed by atoms with van der Waals surface area (Å²) in [5.74, 6) is 0.233. The molecule has 0 fully saturated rings. The molecule has 1 aromatic carbocycles. The quantitative estimate of drug-likeness (QED) is 0.839. The van der Waals surface area contributed by atoms with Crippen LogP contribution in [0.4, 0.5) is 4.39 Å². The molecule has 0 radical (unpaired) electrons. The minimum Gasteiger partial charge on any atom is -0.469 e. The fraction of sp³-hybridized carbons (Fsp3) is 0.412. The Hall–Kier alpha value is -1.66. The van der Waals surface area contributed by atoms with Crippen LogP contribution in [0.25, 0.3) is 0 Å². The fourth-order valence-corrected chi connectivity index (χ4v) is 3.24. The summed E-state index contributed by atoms with van der Waals surface area (Å²) >= 11 is 0. The average Bonchev–Trinajstić information content (AvgIpc) is 2.96. The van der Waals surface area contributed by atoms with E-state index in [4.69, 9.17) is 4.42 Å². The Bertz CT molecular complexity index is 741. The minimum absolute atomic E-state index is 0.0790. The Morgan fingerprint density at radius 1 is 1.26 bits per heavy atom. The summed E-state index contributed by atoms with van der Waals surface area (Å²) in [6.45, 7) is 3.99. The zero-order valence-corrected chi connectivity index (χ0v) is 14.4. The number of aryl methyl sites for hydroxylation is 1. The summed E-state index contributed by atoms with van der Waals surface area (Å²) in [5.41, 5.74) is 0.722. The predicted octanol–water partition coefficient (Wildman–Crippen LogP) is 3.49. The lowest BCUT2D eigenvalue weighted by Gasteiger charge is -2.20. The number of hydrogen-bond acceptors (Lipinski definition) is 4. The van der Waals surface area contributed by atoms with E-state index in [1.54, 1.807) is 12.3 Å². The van der Waals surface area contributed by atoms with Crippen LogP contribution in [0, 0.1) is 5.82 Å². The highest BCUT2D eigenvalue weighted by atomic mass is 32.2. The van der Waals surface area contributed by atoms with Gasteiger partial charge >= 0.3 is 0 Å². The molecule has 2 atom stereocenters. The second-order valence-electron chi connectivity index (χ2n) is 5.87. The Morgan fingerprint density at radius 2 is 2.00 bits per heavy atom. The molecule has 1 heterocycles. The van der Waals surface area contributed by atoms with Crippen LogP contribution in [0.3, 0.4) is 0 Å². The maximum atomic E-state index is 14.0. The van der Waals surface area contributed by atoms with Gasteiger partial charge in [-0.3, -0.25) is 0 Å². The third-order valence-corrected chi connectivity index (χ3v) is 4.92. The third kappa shape index (κ3) is 4.91. The van der Waals surface area contributed by atoms with Gasteiger partial charge in [-0.2, -0.15) is 0 Å². The van der Waals surface area contributed by atoms with Crippen LogP contribution in [-0.2, 0) is 16.3 Å². The molecule has 2 rings (SSSR count). The van der Waals surface area contributed by atoms with Gasteiger partial charge in [0.05, 0.1) is 6.26 Å². The van der Waals surface area contributed by atoms with Gasteiger partial charge in [0.25, 0.3) is 0 Å². The summed E-state index contributed by atoms with van der Waals surface area (Å²) in [6.07, 6.45) is 4.38. The number of sulfone groups is 1. The van der Waals surface area contributed by atoms with E-state index in [9.17, 15) is 12.8 Å². The van der Waals surface area contributed by atoms with Crippen LogP contribution in [-0.4, -0.2) is 20.7 Å². The van der Waals surface area contributed by atoms with Crippen molar-refractivity contribution in [3.8, 4) is 0 Å². The predicted molar refractivity (Wildman–Crippen MR) is 87.6 cm³/mol. The highest BCUT2D eigenvalue weighted by Crippen LogP contribution is 2.21. The molecule has 2 aromatic rings. The monoisotopic (exact) mass is 339 g/mol. The van der Waals surface area contributed by atoms with Crippen LogP contribution in [0.5, 0.6) is 0 Å². The van der Waals surface area contributed by atoms with Gasteiger partial charge in [0.1, 0.15) is 16.5 Å². The molecule has 0 aliphatic rings. The van der Waals surface area contributed by atoms with E-state index in [1.807, 2.05) is 19.1 Å². The number of hydrogen-bond donors (Lipinski definition) is 1. The summed E-state index contributed by atoms with van der Waals surface area (Å²) in [7, 11) is -3.54.